The lowest BCUT2D eigenvalue weighted by Gasteiger charge is -2.18. The van der Waals surface area contributed by atoms with E-state index in [4.69, 9.17) is 28.3 Å². The van der Waals surface area contributed by atoms with Crippen molar-refractivity contribution in [2.45, 2.75) is 5.25 Å². The third-order valence-electron chi connectivity index (χ3n) is 3.03. The second kappa shape index (κ2) is 6.69. The van der Waals surface area contributed by atoms with Gasteiger partial charge in [-0.05, 0) is 35.4 Å². The Morgan fingerprint density at radius 2 is 1.27 bits per heavy atom. The Hall–Kier alpha value is -1.56. The van der Waals surface area contributed by atoms with Gasteiger partial charge in [-0.25, -0.2) is 8.42 Å². The third kappa shape index (κ3) is 4.00. The monoisotopic (exact) mass is 358 g/mol. The number of hydrogen-bond acceptors (Lipinski definition) is 3. The third-order valence-corrected chi connectivity index (χ3v) is 5.45. The van der Waals surface area contributed by atoms with Gasteiger partial charge in [0.15, 0.2) is 9.84 Å². The molecule has 0 unspecified atom stereocenters. The number of carboxylic acid groups (broad SMARTS) is 1. The van der Waals surface area contributed by atoms with Crippen molar-refractivity contribution in [3.63, 3.8) is 0 Å². The summed E-state index contributed by atoms with van der Waals surface area (Å²) in [5, 5.41) is 8.71. The van der Waals surface area contributed by atoms with E-state index in [0.29, 0.717) is 21.2 Å². The maximum Gasteiger partial charge on any atom is 0.318 e. The molecule has 0 amide bonds. The highest BCUT2D eigenvalue weighted by Gasteiger charge is 2.31. The quantitative estimate of drug-likeness (QED) is 0.886. The highest BCUT2D eigenvalue weighted by molar-refractivity contribution is 7.92. The van der Waals surface area contributed by atoms with E-state index in [-0.39, 0.29) is 0 Å². The van der Waals surface area contributed by atoms with E-state index in [1.165, 1.54) is 0 Å². The molecule has 0 heterocycles. The molecule has 0 saturated carbocycles. The SMILES string of the molecule is O=C(O)CS(=O)(=O)C(c1ccc(Cl)cc1)c1ccc(Cl)cc1. The minimum Gasteiger partial charge on any atom is -0.480 e. The highest BCUT2D eigenvalue weighted by atomic mass is 35.5. The van der Waals surface area contributed by atoms with Gasteiger partial charge in [-0.3, -0.25) is 4.79 Å². The van der Waals surface area contributed by atoms with Crippen LogP contribution < -0.4 is 0 Å². The number of halogens is 2. The zero-order chi connectivity index (χ0) is 16.3. The predicted molar refractivity (Wildman–Crippen MR) is 86.2 cm³/mol. The lowest BCUT2D eigenvalue weighted by Crippen LogP contribution is -2.23. The largest absolute Gasteiger partial charge is 0.480 e. The molecule has 2 rings (SSSR count). The van der Waals surface area contributed by atoms with Gasteiger partial charge in [0, 0.05) is 10.0 Å². The summed E-state index contributed by atoms with van der Waals surface area (Å²) in [4.78, 5) is 10.9. The first-order valence-electron chi connectivity index (χ1n) is 6.24. The van der Waals surface area contributed by atoms with Crippen LogP contribution >= 0.6 is 23.2 Å². The Labute approximate surface area is 138 Å². The molecule has 0 aliphatic rings. The Morgan fingerprint density at radius 1 is 0.909 bits per heavy atom. The summed E-state index contributed by atoms with van der Waals surface area (Å²) in [6.07, 6.45) is 0. The fourth-order valence-electron chi connectivity index (χ4n) is 2.14. The van der Waals surface area contributed by atoms with E-state index < -0.39 is 26.8 Å². The van der Waals surface area contributed by atoms with Crippen molar-refractivity contribution in [3.8, 4) is 0 Å². The van der Waals surface area contributed by atoms with Gasteiger partial charge < -0.3 is 5.11 Å². The first kappa shape index (κ1) is 16.8. The Balaban J connectivity index is 2.56. The van der Waals surface area contributed by atoms with Gasteiger partial charge >= 0.3 is 5.97 Å². The van der Waals surface area contributed by atoms with Crippen molar-refractivity contribution < 1.29 is 18.3 Å². The number of aliphatic carboxylic acids is 1. The predicted octanol–water partition coefficient (Wildman–Crippen LogP) is 3.58. The van der Waals surface area contributed by atoms with Crippen LogP contribution in [0.15, 0.2) is 48.5 Å². The average Bonchev–Trinajstić information content (AvgIpc) is 2.42. The zero-order valence-electron chi connectivity index (χ0n) is 11.2. The number of benzene rings is 2. The Morgan fingerprint density at radius 3 is 1.59 bits per heavy atom. The molecule has 0 bridgehead atoms. The van der Waals surface area contributed by atoms with Crippen LogP contribution in [-0.2, 0) is 14.6 Å². The molecule has 116 valence electrons. The van der Waals surface area contributed by atoms with Crippen molar-refractivity contribution in [1.82, 2.24) is 0 Å². The van der Waals surface area contributed by atoms with Gasteiger partial charge in [-0.1, -0.05) is 47.5 Å². The van der Waals surface area contributed by atoms with Crippen molar-refractivity contribution in [1.29, 1.82) is 0 Å². The Bertz CT molecular complexity index is 723. The van der Waals surface area contributed by atoms with E-state index >= 15 is 0 Å². The second-order valence-corrected chi connectivity index (χ2v) is 7.64. The van der Waals surface area contributed by atoms with Crippen LogP contribution in [0.25, 0.3) is 0 Å². The summed E-state index contributed by atoms with van der Waals surface area (Å²) < 4.78 is 24.9. The number of carboxylic acids is 1. The summed E-state index contributed by atoms with van der Waals surface area (Å²) in [5.41, 5.74) is 0.904. The van der Waals surface area contributed by atoms with Gasteiger partial charge in [-0.2, -0.15) is 0 Å². The van der Waals surface area contributed by atoms with E-state index in [1.807, 2.05) is 0 Å². The first-order valence-corrected chi connectivity index (χ1v) is 8.71. The minimum atomic E-state index is -3.94. The Kier molecular flexibility index (Phi) is 5.11. The van der Waals surface area contributed by atoms with E-state index in [0.717, 1.165) is 0 Å². The van der Waals surface area contributed by atoms with Crippen molar-refractivity contribution >= 4 is 39.0 Å². The molecular formula is C15H12Cl2O4S. The fraction of sp³-hybridized carbons (Fsp3) is 0.133. The van der Waals surface area contributed by atoms with E-state index in [9.17, 15) is 13.2 Å². The number of carbonyl (C=O) groups is 1. The van der Waals surface area contributed by atoms with Crippen molar-refractivity contribution in [2.75, 3.05) is 5.75 Å². The summed E-state index contributed by atoms with van der Waals surface area (Å²) in [6.45, 7) is 0. The van der Waals surface area contributed by atoms with E-state index in [2.05, 4.69) is 0 Å². The van der Waals surface area contributed by atoms with Crippen LogP contribution in [0.2, 0.25) is 10.0 Å². The number of hydrogen-bond donors (Lipinski definition) is 1. The normalized spacial score (nSPS) is 11.6. The summed E-state index contributed by atoms with van der Waals surface area (Å²) in [6, 6.07) is 12.5. The molecule has 0 aliphatic heterocycles. The molecule has 0 radical (unpaired) electrons. The zero-order valence-corrected chi connectivity index (χ0v) is 13.6. The molecule has 2 aromatic carbocycles. The van der Waals surface area contributed by atoms with E-state index in [1.54, 1.807) is 48.5 Å². The average molecular weight is 359 g/mol. The van der Waals surface area contributed by atoms with Crippen LogP contribution in [0.3, 0.4) is 0 Å². The van der Waals surface area contributed by atoms with Gasteiger partial charge in [-0.15, -0.1) is 0 Å². The number of rotatable bonds is 5. The molecule has 2 aromatic rings. The maximum atomic E-state index is 12.5. The molecule has 22 heavy (non-hydrogen) atoms. The molecule has 4 nitrogen and oxygen atoms in total. The van der Waals surface area contributed by atoms with Gasteiger partial charge in [0.05, 0.1) is 0 Å². The lowest BCUT2D eigenvalue weighted by atomic mass is 10.0. The highest BCUT2D eigenvalue weighted by Crippen LogP contribution is 2.32. The standard InChI is InChI=1S/C15H12Cl2O4S/c16-12-5-1-10(2-6-12)15(22(20,21)9-14(18)19)11-3-7-13(17)8-4-11/h1-8,15H,9H2,(H,18,19). The molecule has 0 spiro atoms. The molecule has 0 saturated heterocycles. The number of sulfone groups is 1. The topological polar surface area (TPSA) is 71.4 Å². The van der Waals surface area contributed by atoms with Crippen LogP contribution in [0.1, 0.15) is 16.4 Å². The molecule has 1 N–H and O–H groups in total. The molecule has 0 fully saturated rings. The molecule has 0 aliphatic carbocycles. The summed E-state index contributed by atoms with van der Waals surface area (Å²) >= 11 is 11.6. The van der Waals surface area contributed by atoms with Crippen LogP contribution in [0.4, 0.5) is 0 Å². The van der Waals surface area contributed by atoms with Crippen LogP contribution in [0.5, 0.6) is 0 Å². The second-order valence-electron chi connectivity index (χ2n) is 4.68. The lowest BCUT2D eigenvalue weighted by molar-refractivity contribution is -0.134. The summed E-state index contributed by atoms with van der Waals surface area (Å²) in [5.74, 6) is -2.35. The van der Waals surface area contributed by atoms with Crippen LogP contribution in [-0.4, -0.2) is 25.2 Å². The molecular weight excluding hydrogens is 347 g/mol. The first-order chi connectivity index (χ1) is 10.3. The van der Waals surface area contributed by atoms with Gasteiger partial charge in [0.25, 0.3) is 0 Å². The van der Waals surface area contributed by atoms with Crippen LogP contribution in [0, 0.1) is 0 Å². The minimum absolute atomic E-state index is 0.452. The smallest absolute Gasteiger partial charge is 0.318 e. The maximum absolute atomic E-state index is 12.5. The van der Waals surface area contributed by atoms with Gasteiger partial charge in [0.2, 0.25) is 0 Å². The van der Waals surface area contributed by atoms with Crippen molar-refractivity contribution in [3.05, 3.63) is 69.7 Å². The van der Waals surface area contributed by atoms with Gasteiger partial charge in [0.1, 0.15) is 11.0 Å². The van der Waals surface area contributed by atoms with Crippen molar-refractivity contribution in [2.24, 2.45) is 0 Å². The molecule has 0 aromatic heterocycles. The fourth-order valence-corrected chi connectivity index (χ4v) is 4.04. The molecule has 7 heteroatoms. The summed E-state index contributed by atoms with van der Waals surface area (Å²) in [7, 11) is -3.94. The molecule has 0 atom stereocenters.